The molecule has 0 fully saturated rings. The van der Waals surface area contributed by atoms with Crippen molar-refractivity contribution in [2.75, 3.05) is 6.54 Å². The van der Waals surface area contributed by atoms with E-state index < -0.39 is 16.0 Å². The Morgan fingerprint density at radius 2 is 2.05 bits per heavy atom. The molecule has 0 aliphatic heterocycles. The fourth-order valence-electron chi connectivity index (χ4n) is 1.98. The minimum atomic E-state index is -3.45. The van der Waals surface area contributed by atoms with Gasteiger partial charge in [0.05, 0.1) is 6.42 Å². The van der Waals surface area contributed by atoms with Crippen LogP contribution in [0.3, 0.4) is 0 Å². The van der Waals surface area contributed by atoms with Crippen LogP contribution in [-0.4, -0.2) is 30.6 Å². The summed E-state index contributed by atoms with van der Waals surface area (Å²) in [5.74, 6) is -0.888. The topological polar surface area (TPSA) is 88.4 Å². The van der Waals surface area contributed by atoms with Crippen molar-refractivity contribution in [2.24, 2.45) is 7.05 Å². The molecule has 6 nitrogen and oxygen atoms in total. The number of thiophene rings is 1. The first kappa shape index (κ1) is 15.7. The molecule has 0 aliphatic carbocycles. The second kappa shape index (κ2) is 6.42. The summed E-state index contributed by atoms with van der Waals surface area (Å²) in [6.45, 7) is 0.268. The molecule has 2 aromatic heterocycles. The van der Waals surface area contributed by atoms with Gasteiger partial charge in [-0.3, -0.25) is 4.79 Å². The molecule has 114 valence electrons. The molecule has 0 spiro atoms. The summed E-state index contributed by atoms with van der Waals surface area (Å²) in [5, 5.41) is 10.5. The Labute approximate surface area is 127 Å². The number of nitrogens with zero attached hydrogens (tertiary/aromatic N) is 1. The molecule has 0 aliphatic rings. The number of rotatable bonds is 7. The van der Waals surface area contributed by atoms with Crippen LogP contribution >= 0.6 is 11.3 Å². The molecule has 0 bridgehead atoms. The zero-order valence-corrected chi connectivity index (χ0v) is 13.1. The van der Waals surface area contributed by atoms with Gasteiger partial charge in [0.25, 0.3) is 0 Å². The number of nitrogens with one attached hydrogen (secondary N) is 1. The summed E-state index contributed by atoms with van der Waals surface area (Å²) in [4.78, 5) is 10.7. The van der Waals surface area contributed by atoms with E-state index in [1.807, 2.05) is 6.07 Å². The van der Waals surface area contributed by atoms with Crippen molar-refractivity contribution in [3.8, 4) is 0 Å². The smallest absolute Gasteiger partial charge is 0.309 e. The van der Waals surface area contributed by atoms with Gasteiger partial charge < -0.3 is 9.67 Å². The highest BCUT2D eigenvalue weighted by atomic mass is 32.2. The van der Waals surface area contributed by atoms with E-state index in [1.165, 1.54) is 11.3 Å². The Morgan fingerprint density at radius 3 is 2.67 bits per heavy atom. The Balaban J connectivity index is 1.95. The first-order valence-corrected chi connectivity index (χ1v) is 8.65. The van der Waals surface area contributed by atoms with Gasteiger partial charge in [0.1, 0.15) is 4.21 Å². The third-order valence-corrected chi connectivity index (χ3v) is 5.95. The molecule has 0 saturated heterocycles. The van der Waals surface area contributed by atoms with E-state index in [2.05, 4.69) is 4.72 Å². The molecule has 21 heavy (non-hydrogen) atoms. The van der Waals surface area contributed by atoms with E-state index in [1.54, 1.807) is 35.2 Å². The van der Waals surface area contributed by atoms with Crippen LogP contribution in [0.25, 0.3) is 0 Å². The molecule has 0 radical (unpaired) electrons. The molecular formula is C13H16N2O4S2. The van der Waals surface area contributed by atoms with E-state index in [-0.39, 0.29) is 13.0 Å². The predicted octanol–water partition coefficient (Wildman–Crippen LogP) is 1.23. The van der Waals surface area contributed by atoms with Gasteiger partial charge in [0.2, 0.25) is 10.0 Å². The normalized spacial score (nSPS) is 11.7. The molecule has 0 amide bonds. The summed E-state index contributed by atoms with van der Waals surface area (Å²) >= 11 is 1.17. The van der Waals surface area contributed by atoms with E-state index >= 15 is 0 Å². The molecule has 0 atom stereocenters. The highest BCUT2D eigenvalue weighted by molar-refractivity contribution is 7.91. The third-order valence-electron chi connectivity index (χ3n) is 3.10. The van der Waals surface area contributed by atoms with Gasteiger partial charge in [0.15, 0.2) is 0 Å². The predicted molar refractivity (Wildman–Crippen MR) is 80.0 cm³/mol. The quantitative estimate of drug-likeness (QED) is 0.800. The van der Waals surface area contributed by atoms with Crippen molar-refractivity contribution in [3.05, 3.63) is 41.0 Å². The number of carboxylic acids is 1. The van der Waals surface area contributed by atoms with Gasteiger partial charge in [-0.1, -0.05) is 6.07 Å². The van der Waals surface area contributed by atoms with Gasteiger partial charge in [-0.2, -0.15) is 0 Å². The fraction of sp³-hybridized carbons (Fsp3) is 0.308. The molecule has 2 aromatic rings. The monoisotopic (exact) mass is 328 g/mol. The first-order chi connectivity index (χ1) is 9.90. The van der Waals surface area contributed by atoms with Gasteiger partial charge in [-0.15, -0.1) is 11.3 Å². The lowest BCUT2D eigenvalue weighted by atomic mass is 10.3. The maximum absolute atomic E-state index is 11.9. The van der Waals surface area contributed by atoms with Gasteiger partial charge in [-0.05, 0) is 23.6 Å². The SMILES string of the molecule is Cn1c(CCNS(=O)(=O)c2cccs2)ccc1CC(=O)O. The summed E-state index contributed by atoms with van der Waals surface area (Å²) in [5.41, 5.74) is 1.58. The van der Waals surface area contributed by atoms with Crippen LogP contribution in [0.4, 0.5) is 0 Å². The van der Waals surface area contributed by atoms with Crippen LogP contribution in [-0.2, 0) is 34.7 Å². The molecular weight excluding hydrogens is 312 g/mol. The lowest BCUT2D eigenvalue weighted by molar-refractivity contribution is -0.136. The number of sulfonamides is 1. The first-order valence-electron chi connectivity index (χ1n) is 6.28. The maximum Gasteiger partial charge on any atom is 0.309 e. The van der Waals surface area contributed by atoms with Crippen LogP contribution in [0.5, 0.6) is 0 Å². The summed E-state index contributed by atoms with van der Waals surface area (Å²) < 4.78 is 28.5. The average Bonchev–Trinajstić information content (AvgIpc) is 3.03. The summed E-state index contributed by atoms with van der Waals surface area (Å²) in [6.07, 6.45) is 0.456. The highest BCUT2D eigenvalue weighted by Gasteiger charge is 2.15. The van der Waals surface area contributed by atoms with Gasteiger partial charge in [-0.25, -0.2) is 13.1 Å². The van der Waals surface area contributed by atoms with Crippen LogP contribution in [0.1, 0.15) is 11.4 Å². The van der Waals surface area contributed by atoms with Gasteiger partial charge >= 0.3 is 5.97 Å². The largest absolute Gasteiger partial charge is 0.481 e. The summed E-state index contributed by atoms with van der Waals surface area (Å²) in [7, 11) is -1.67. The Bertz CT molecular complexity index is 717. The number of carbonyl (C=O) groups is 1. The Kier molecular flexibility index (Phi) is 4.81. The molecule has 0 aromatic carbocycles. The number of hydrogen-bond acceptors (Lipinski definition) is 4. The zero-order chi connectivity index (χ0) is 15.5. The van der Waals surface area contributed by atoms with Crippen LogP contribution in [0.2, 0.25) is 0 Å². The molecule has 0 unspecified atom stereocenters. The minimum Gasteiger partial charge on any atom is -0.481 e. The molecule has 0 saturated carbocycles. The molecule has 2 rings (SSSR count). The van der Waals surface area contributed by atoms with Crippen molar-refractivity contribution in [2.45, 2.75) is 17.1 Å². The van der Waals surface area contributed by atoms with Crippen molar-refractivity contribution < 1.29 is 18.3 Å². The van der Waals surface area contributed by atoms with Crippen molar-refractivity contribution in [1.82, 2.24) is 9.29 Å². The van der Waals surface area contributed by atoms with Gasteiger partial charge in [0, 0.05) is 31.4 Å². The van der Waals surface area contributed by atoms with Crippen LogP contribution in [0, 0.1) is 0 Å². The second-order valence-electron chi connectivity index (χ2n) is 4.53. The lowest BCUT2D eigenvalue weighted by Crippen LogP contribution is -2.25. The second-order valence-corrected chi connectivity index (χ2v) is 7.47. The number of hydrogen-bond donors (Lipinski definition) is 2. The number of aromatic nitrogens is 1. The average molecular weight is 328 g/mol. The summed E-state index contributed by atoms with van der Waals surface area (Å²) in [6, 6.07) is 6.81. The van der Waals surface area contributed by atoms with E-state index in [4.69, 9.17) is 5.11 Å². The maximum atomic E-state index is 11.9. The molecule has 8 heteroatoms. The number of carboxylic acid groups (broad SMARTS) is 1. The van der Waals surface area contributed by atoms with E-state index in [9.17, 15) is 13.2 Å². The third kappa shape index (κ3) is 3.93. The molecule has 2 heterocycles. The van der Waals surface area contributed by atoms with E-state index in [0.29, 0.717) is 16.3 Å². The minimum absolute atomic E-state index is 0.0442. The Hall–Kier alpha value is -1.64. The zero-order valence-electron chi connectivity index (χ0n) is 11.4. The highest BCUT2D eigenvalue weighted by Crippen LogP contribution is 2.15. The standard InChI is InChI=1S/C13H16N2O4S2/c1-15-10(4-5-11(15)9-12(16)17)6-7-14-21(18,19)13-3-2-8-20-13/h2-5,8,14H,6-7,9H2,1H3,(H,16,17). The van der Waals surface area contributed by atoms with Crippen LogP contribution in [0.15, 0.2) is 33.9 Å². The van der Waals surface area contributed by atoms with Crippen LogP contribution < -0.4 is 4.72 Å². The molecule has 2 N–H and O–H groups in total. The number of aliphatic carboxylic acids is 1. The van der Waals surface area contributed by atoms with Crippen molar-refractivity contribution in [3.63, 3.8) is 0 Å². The van der Waals surface area contributed by atoms with Crippen molar-refractivity contribution >= 4 is 27.3 Å². The Morgan fingerprint density at radius 1 is 1.33 bits per heavy atom. The fourth-order valence-corrected chi connectivity index (χ4v) is 4.05. The lowest BCUT2D eigenvalue weighted by Gasteiger charge is -2.08. The van der Waals surface area contributed by atoms with Crippen molar-refractivity contribution in [1.29, 1.82) is 0 Å². The van der Waals surface area contributed by atoms with E-state index in [0.717, 1.165) is 5.69 Å².